The number of amides is 4. The van der Waals surface area contributed by atoms with E-state index in [2.05, 4.69) is 27.8 Å². The Morgan fingerprint density at radius 1 is 1.09 bits per heavy atom. The molecule has 3 aromatic rings. The Hall–Kier alpha value is -4.93. The Labute approximate surface area is 268 Å². The third-order valence-corrected chi connectivity index (χ3v) is 8.06. The topological polar surface area (TPSA) is 152 Å². The third kappa shape index (κ3) is 8.83. The number of furan rings is 1. The molecular weight excluding hydrogens is 586 g/mol. The van der Waals surface area contributed by atoms with Crippen molar-refractivity contribution in [3.8, 4) is 0 Å². The number of nitrogens with zero attached hydrogens (tertiary/aromatic N) is 1. The highest BCUT2D eigenvalue weighted by atomic mass is 16.3. The summed E-state index contributed by atoms with van der Waals surface area (Å²) in [5.41, 5.74) is 1.18. The van der Waals surface area contributed by atoms with Gasteiger partial charge in [0.25, 0.3) is 11.5 Å². The zero-order chi connectivity index (χ0) is 33.2. The van der Waals surface area contributed by atoms with Gasteiger partial charge in [0.05, 0.1) is 0 Å². The van der Waals surface area contributed by atoms with E-state index in [1.807, 2.05) is 39.0 Å². The summed E-state index contributed by atoms with van der Waals surface area (Å²) in [6.45, 7) is 9.24. The van der Waals surface area contributed by atoms with Gasteiger partial charge in [-0.1, -0.05) is 64.5 Å². The summed E-state index contributed by atoms with van der Waals surface area (Å²) in [5.74, 6) is -1.66. The fraction of sp³-hybridized carbons (Fsp3) is 0.400. The van der Waals surface area contributed by atoms with Crippen molar-refractivity contribution >= 4 is 40.3 Å². The zero-order valence-corrected chi connectivity index (χ0v) is 26.7. The fourth-order valence-corrected chi connectivity index (χ4v) is 5.39. The van der Waals surface area contributed by atoms with Crippen LogP contribution in [0.5, 0.6) is 0 Å². The number of allylic oxidation sites excluding steroid dienone is 2. The average molecular weight is 630 g/mol. The van der Waals surface area contributed by atoms with Crippen molar-refractivity contribution in [3.05, 3.63) is 88.7 Å². The molecule has 4 rings (SSSR count). The van der Waals surface area contributed by atoms with Crippen molar-refractivity contribution in [1.29, 1.82) is 0 Å². The number of aryl methyl sites for hydroxylation is 1. The van der Waals surface area contributed by atoms with Gasteiger partial charge in [0.15, 0.2) is 5.76 Å². The monoisotopic (exact) mass is 629 g/mol. The highest BCUT2D eigenvalue weighted by Gasteiger charge is 2.26. The molecule has 1 unspecified atom stereocenters. The highest BCUT2D eigenvalue weighted by molar-refractivity contribution is 6.03. The van der Waals surface area contributed by atoms with Crippen LogP contribution in [0.3, 0.4) is 0 Å². The number of carbonyl (C=O) groups is 4. The van der Waals surface area contributed by atoms with E-state index in [0.29, 0.717) is 24.1 Å². The van der Waals surface area contributed by atoms with Gasteiger partial charge < -0.3 is 30.3 Å². The lowest BCUT2D eigenvalue weighted by Gasteiger charge is -2.18. The molecule has 46 heavy (non-hydrogen) atoms. The summed E-state index contributed by atoms with van der Waals surface area (Å²) in [6, 6.07) is 9.41. The predicted molar refractivity (Wildman–Crippen MR) is 177 cm³/mol. The van der Waals surface area contributed by atoms with Gasteiger partial charge in [-0.2, -0.15) is 0 Å². The SMILES string of the molecule is C=C(NC(=O)Cn1cccc(NC(=O)C(CC/C=C/C(=O)NC2CCCC2)NC(=O)c2oc3ccccc3c2CC)c1=O)C(C)C. The fourth-order valence-electron chi connectivity index (χ4n) is 5.39. The maximum absolute atomic E-state index is 13.6. The van der Waals surface area contributed by atoms with Gasteiger partial charge in [-0.3, -0.25) is 24.0 Å². The second kappa shape index (κ2) is 15.9. The molecule has 0 bridgehead atoms. The summed E-state index contributed by atoms with van der Waals surface area (Å²) >= 11 is 0. The normalized spacial score (nSPS) is 14.0. The number of nitrogens with one attached hydrogen (secondary N) is 4. The molecule has 11 heteroatoms. The van der Waals surface area contributed by atoms with Crippen molar-refractivity contribution in [2.45, 2.75) is 84.3 Å². The molecule has 0 spiro atoms. The second-order valence-corrected chi connectivity index (χ2v) is 11.8. The molecule has 4 amide bonds. The molecule has 4 N–H and O–H groups in total. The number of pyridine rings is 1. The van der Waals surface area contributed by atoms with Gasteiger partial charge in [0.1, 0.15) is 23.9 Å². The van der Waals surface area contributed by atoms with Crippen LogP contribution >= 0.6 is 0 Å². The number of hydrogen-bond acceptors (Lipinski definition) is 6. The van der Waals surface area contributed by atoms with Crippen LogP contribution in [0.1, 0.15) is 75.4 Å². The lowest BCUT2D eigenvalue weighted by molar-refractivity contribution is -0.121. The lowest BCUT2D eigenvalue weighted by Crippen LogP contribution is -2.44. The first kappa shape index (κ1) is 34.0. The molecule has 1 atom stereocenters. The second-order valence-electron chi connectivity index (χ2n) is 11.8. The van der Waals surface area contributed by atoms with Gasteiger partial charge in [0, 0.05) is 28.9 Å². The third-order valence-electron chi connectivity index (χ3n) is 8.06. The minimum atomic E-state index is -1.07. The van der Waals surface area contributed by atoms with Gasteiger partial charge in [0.2, 0.25) is 17.7 Å². The molecule has 1 fully saturated rings. The van der Waals surface area contributed by atoms with Crippen molar-refractivity contribution in [3.63, 3.8) is 0 Å². The van der Waals surface area contributed by atoms with Gasteiger partial charge in [-0.25, -0.2) is 0 Å². The van der Waals surface area contributed by atoms with Crippen LogP contribution in [0, 0.1) is 5.92 Å². The quantitative estimate of drug-likeness (QED) is 0.192. The van der Waals surface area contributed by atoms with Gasteiger partial charge in [-0.05, 0) is 62.3 Å². The Morgan fingerprint density at radius 3 is 2.54 bits per heavy atom. The van der Waals surface area contributed by atoms with Crippen molar-refractivity contribution in [1.82, 2.24) is 20.5 Å². The van der Waals surface area contributed by atoms with E-state index in [1.165, 1.54) is 22.9 Å². The Bertz CT molecular complexity index is 1680. The van der Waals surface area contributed by atoms with Crippen LogP contribution < -0.4 is 26.8 Å². The van der Waals surface area contributed by atoms with Crippen LogP contribution in [0.4, 0.5) is 5.69 Å². The van der Waals surface area contributed by atoms with Crippen LogP contribution in [0.2, 0.25) is 0 Å². The number of benzene rings is 1. The van der Waals surface area contributed by atoms with E-state index < -0.39 is 29.3 Å². The maximum atomic E-state index is 13.6. The standard InChI is InChI=1S/C35H43N5O6/c1-5-25-26-15-8-10-18-29(26)46-32(25)34(44)38-27(16-9-11-19-30(41)37-24-13-6-7-14-24)33(43)39-28-17-12-20-40(35(28)45)21-31(42)36-23(4)22(2)3/h8,10-12,15,17-20,22,24,27H,4-7,9,13-14,16,21H2,1-3H3,(H,36,42)(H,37,41)(H,38,44)(H,39,43)/b19-11+. The minimum absolute atomic E-state index is 0.0305. The van der Waals surface area contributed by atoms with Gasteiger partial charge in [-0.15, -0.1) is 0 Å². The summed E-state index contributed by atoms with van der Waals surface area (Å²) in [6.07, 6.45) is 9.67. The summed E-state index contributed by atoms with van der Waals surface area (Å²) < 4.78 is 7.06. The molecule has 1 saturated carbocycles. The first-order valence-corrected chi connectivity index (χ1v) is 15.8. The van der Waals surface area contributed by atoms with E-state index in [9.17, 15) is 24.0 Å². The summed E-state index contributed by atoms with van der Waals surface area (Å²) in [5, 5.41) is 11.9. The molecule has 1 aliphatic rings. The number of carbonyl (C=O) groups excluding carboxylic acids is 4. The molecule has 0 saturated heterocycles. The zero-order valence-electron chi connectivity index (χ0n) is 26.7. The predicted octanol–water partition coefficient (Wildman–Crippen LogP) is 4.58. The van der Waals surface area contributed by atoms with E-state index in [4.69, 9.17) is 4.42 Å². The van der Waals surface area contributed by atoms with E-state index in [-0.39, 0.29) is 42.3 Å². The van der Waals surface area contributed by atoms with Crippen LogP contribution in [0.15, 0.2) is 76.2 Å². The van der Waals surface area contributed by atoms with E-state index >= 15 is 0 Å². The van der Waals surface area contributed by atoms with Crippen molar-refractivity contribution in [2.24, 2.45) is 5.92 Å². The Kier molecular flexibility index (Phi) is 11.7. The van der Waals surface area contributed by atoms with Crippen LogP contribution in [-0.4, -0.2) is 40.3 Å². The number of fused-ring (bicyclic) bond motifs is 1. The lowest BCUT2D eigenvalue weighted by atomic mass is 10.1. The molecule has 1 aliphatic carbocycles. The molecule has 2 heterocycles. The number of para-hydroxylation sites is 1. The number of anilines is 1. The summed E-state index contributed by atoms with van der Waals surface area (Å²) in [4.78, 5) is 65.1. The Balaban J connectivity index is 1.50. The number of aromatic nitrogens is 1. The Morgan fingerprint density at radius 2 is 1.83 bits per heavy atom. The number of hydrogen-bond donors (Lipinski definition) is 4. The first-order valence-electron chi connectivity index (χ1n) is 15.8. The molecule has 0 aliphatic heterocycles. The van der Waals surface area contributed by atoms with Crippen LogP contribution in [0.25, 0.3) is 11.0 Å². The van der Waals surface area contributed by atoms with E-state index in [0.717, 1.165) is 36.6 Å². The average Bonchev–Trinajstić information content (AvgIpc) is 3.68. The molecule has 0 radical (unpaired) electrons. The first-order chi connectivity index (χ1) is 22.1. The molecule has 1 aromatic carbocycles. The van der Waals surface area contributed by atoms with Crippen molar-refractivity contribution < 1.29 is 23.6 Å². The number of rotatable bonds is 14. The molecule has 244 valence electrons. The molecule has 2 aromatic heterocycles. The molecule has 11 nitrogen and oxygen atoms in total. The minimum Gasteiger partial charge on any atom is -0.451 e. The maximum Gasteiger partial charge on any atom is 0.287 e. The smallest absolute Gasteiger partial charge is 0.287 e. The van der Waals surface area contributed by atoms with Crippen molar-refractivity contribution in [2.75, 3.05) is 5.32 Å². The highest BCUT2D eigenvalue weighted by Crippen LogP contribution is 2.26. The van der Waals surface area contributed by atoms with Gasteiger partial charge >= 0.3 is 0 Å². The summed E-state index contributed by atoms with van der Waals surface area (Å²) in [7, 11) is 0. The largest absolute Gasteiger partial charge is 0.451 e. The molecular formula is C35H43N5O6. The van der Waals surface area contributed by atoms with E-state index in [1.54, 1.807) is 18.2 Å². The van der Waals surface area contributed by atoms with Crippen LogP contribution in [-0.2, 0) is 27.3 Å².